The third-order valence-electron chi connectivity index (χ3n) is 4.32. The second-order valence-corrected chi connectivity index (χ2v) is 5.84. The molecule has 3 heterocycles. The molecule has 0 bridgehead atoms. The van der Waals surface area contributed by atoms with Crippen molar-refractivity contribution in [1.29, 1.82) is 0 Å². The average molecular weight is 296 g/mol. The zero-order valence-electron chi connectivity index (χ0n) is 12.7. The number of imidazole rings is 1. The molecule has 0 spiro atoms. The molecule has 0 saturated carbocycles. The Morgan fingerprint density at radius 3 is 3.23 bits per heavy atom. The number of aromatic nitrogens is 3. The average Bonchev–Trinajstić information content (AvgIpc) is 3.13. The van der Waals surface area contributed by atoms with E-state index < -0.39 is 0 Å². The van der Waals surface area contributed by atoms with Gasteiger partial charge in [0.15, 0.2) is 0 Å². The van der Waals surface area contributed by atoms with E-state index in [4.69, 9.17) is 4.74 Å². The van der Waals surface area contributed by atoms with E-state index >= 15 is 0 Å². The second-order valence-electron chi connectivity index (χ2n) is 5.84. The highest BCUT2D eigenvalue weighted by Crippen LogP contribution is 2.20. The molecular formula is C17H20N4O. The molecular weight excluding hydrogens is 276 g/mol. The molecule has 5 heteroatoms. The van der Waals surface area contributed by atoms with Crippen LogP contribution in [0.2, 0.25) is 0 Å². The topological polar surface area (TPSA) is 44.0 Å². The molecule has 0 amide bonds. The minimum Gasteiger partial charge on any atom is -0.367 e. The zero-order chi connectivity index (χ0) is 14.9. The number of nitrogens with one attached hydrogen (secondary N) is 1. The van der Waals surface area contributed by atoms with Gasteiger partial charge in [0.1, 0.15) is 12.4 Å². The van der Waals surface area contributed by atoms with Gasteiger partial charge in [-0.1, -0.05) is 18.2 Å². The summed E-state index contributed by atoms with van der Waals surface area (Å²) in [5.41, 5.74) is 2.61. The molecule has 5 nitrogen and oxygen atoms in total. The summed E-state index contributed by atoms with van der Waals surface area (Å²) in [6, 6.07) is 8.51. The van der Waals surface area contributed by atoms with E-state index in [1.165, 1.54) is 16.5 Å². The van der Waals surface area contributed by atoms with Crippen molar-refractivity contribution in [2.75, 3.05) is 6.54 Å². The summed E-state index contributed by atoms with van der Waals surface area (Å²) < 4.78 is 10.2. The molecule has 0 fully saturated rings. The lowest BCUT2D eigenvalue weighted by Gasteiger charge is -2.24. The molecule has 1 N–H and O–H groups in total. The minimum absolute atomic E-state index is 0.205. The summed E-state index contributed by atoms with van der Waals surface area (Å²) in [5, 5.41) is 4.85. The van der Waals surface area contributed by atoms with E-state index in [0.717, 1.165) is 25.5 Å². The SMILES string of the molecule is Cn1cc(CNC[C@H]2Cn3ccnc3CO2)c2ccccc21. The van der Waals surface area contributed by atoms with Crippen molar-refractivity contribution >= 4 is 10.9 Å². The van der Waals surface area contributed by atoms with Crippen LogP contribution in [0, 0.1) is 0 Å². The number of hydrogen-bond donors (Lipinski definition) is 1. The Morgan fingerprint density at radius 1 is 1.36 bits per heavy atom. The van der Waals surface area contributed by atoms with Crippen molar-refractivity contribution in [3.05, 3.63) is 54.2 Å². The fraction of sp³-hybridized carbons (Fsp3) is 0.353. The normalized spacial score (nSPS) is 17.8. The number of benzene rings is 1. The van der Waals surface area contributed by atoms with Gasteiger partial charge in [-0.3, -0.25) is 0 Å². The third kappa shape index (κ3) is 2.42. The predicted octanol–water partition coefficient (Wildman–Crippen LogP) is 2.06. The van der Waals surface area contributed by atoms with Gasteiger partial charge < -0.3 is 19.2 Å². The van der Waals surface area contributed by atoms with Crippen LogP contribution in [-0.4, -0.2) is 26.8 Å². The molecule has 1 aliphatic heterocycles. The van der Waals surface area contributed by atoms with Crippen LogP contribution in [-0.2, 0) is 31.5 Å². The third-order valence-corrected chi connectivity index (χ3v) is 4.32. The maximum absolute atomic E-state index is 5.84. The molecule has 2 aromatic heterocycles. The maximum Gasteiger partial charge on any atom is 0.134 e. The Morgan fingerprint density at radius 2 is 2.27 bits per heavy atom. The Kier molecular flexibility index (Phi) is 3.44. The Labute approximate surface area is 129 Å². The second kappa shape index (κ2) is 5.59. The monoisotopic (exact) mass is 296 g/mol. The minimum atomic E-state index is 0.205. The van der Waals surface area contributed by atoms with Crippen LogP contribution >= 0.6 is 0 Å². The van der Waals surface area contributed by atoms with Gasteiger partial charge in [-0.25, -0.2) is 4.98 Å². The first-order valence-corrected chi connectivity index (χ1v) is 7.66. The molecule has 0 aliphatic carbocycles. The van der Waals surface area contributed by atoms with Crippen LogP contribution in [0.25, 0.3) is 10.9 Å². The van der Waals surface area contributed by atoms with Crippen molar-refractivity contribution in [3.63, 3.8) is 0 Å². The van der Waals surface area contributed by atoms with Gasteiger partial charge in [-0.05, 0) is 11.6 Å². The van der Waals surface area contributed by atoms with E-state index in [1.807, 2.05) is 12.4 Å². The van der Waals surface area contributed by atoms with Crippen molar-refractivity contribution in [2.24, 2.45) is 7.05 Å². The number of hydrogen-bond acceptors (Lipinski definition) is 3. The van der Waals surface area contributed by atoms with Crippen LogP contribution in [0.5, 0.6) is 0 Å². The van der Waals surface area contributed by atoms with Crippen LogP contribution in [0.4, 0.5) is 0 Å². The van der Waals surface area contributed by atoms with Crippen molar-refractivity contribution in [3.8, 4) is 0 Å². The summed E-state index contributed by atoms with van der Waals surface area (Å²) in [7, 11) is 2.09. The van der Waals surface area contributed by atoms with E-state index in [1.54, 1.807) is 0 Å². The highest BCUT2D eigenvalue weighted by atomic mass is 16.5. The molecule has 0 unspecified atom stereocenters. The highest BCUT2D eigenvalue weighted by Gasteiger charge is 2.18. The van der Waals surface area contributed by atoms with Gasteiger partial charge in [-0.15, -0.1) is 0 Å². The molecule has 114 valence electrons. The van der Waals surface area contributed by atoms with Gasteiger partial charge in [0, 0.05) is 49.6 Å². The molecule has 3 aromatic rings. The van der Waals surface area contributed by atoms with Crippen molar-refractivity contribution < 1.29 is 4.74 Å². The maximum atomic E-state index is 5.84. The molecule has 1 aromatic carbocycles. The summed E-state index contributed by atoms with van der Waals surface area (Å²) in [6.07, 6.45) is 6.27. The number of ether oxygens (including phenoxy) is 1. The standard InChI is InChI=1S/C17H20N4O/c1-20-10-13(15-4-2-3-5-16(15)20)8-18-9-14-11-21-7-6-19-17(21)12-22-14/h2-7,10,14,18H,8-9,11-12H2,1H3/t14-/m0/s1. The molecule has 22 heavy (non-hydrogen) atoms. The van der Waals surface area contributed by atoms with Crippen LogP contribution in [0.15, 0.2) is 42.9 Å². The summed E-state index contributed by atoms with van der Waals surface area (Å²) in [4.78, 5) is 4.27. The zero-order valence-corrected chi connectivity index (χ0v) is 12.7. The number of rotatable bonds is 4. The Balaban J connectivity index is 1.39. The lowest BCUT2D eigenvalue weighted by atomic mass is 10.2. The van der Waals surface area contributed by atoms with E-state index in [9.17, 15) is 0 Å². The number of para-hydroxylation sites is 1. The predicted molar refractivity (Wildman–Crippen MR) is 85.4 cm³/mol. The molecule has 4 rings (SSSR count). The fourth-order valence-corrected chi connectivity index (χ4v) is 3.17. The molecule has 0 saturated heterocycles. The van der Waals surface area contributed by atoms with Crippen LogP contribution in [0.1, 0.15) is 11.4 Å². The first-order valence-electron chi connectivity index (χ1n) is 7.66. The van der Waals surface area contributed by atoms with Crippen LogP contribution < -0.4 is 5.32 Å². The van der Waals surface area contributed by atoms with Crippen LogP contribution in [0.3, 0.4) is 0 Å². The number of nitrogens with zero attached hydrogens (tertiary/aromatic N) is 3. The van der Waals surface area contributed by atoms with E-state index in [-0.39, 0.29) is 6.10 Å². The lowest BCUT2D eigenvalue weighted by Crippen LogP contribution is -2.35. The smallest absolute Gasteiger partial charge is 0.134 e. The van der Waals surface area contributed by atoms with Gasteiger partial charge >= 0.3 is 0 Å². The summed E-state index contributed by atoms with van der Waals surface area (Å²) in [6.45, 7) is 3.18. The first kappa shape index (κ1) is 13.5. The van der Waals surface area contributed by atoms with Gasteiger partial charge in [0.25, 0.3) is 0 Å². The van der Waals surface area contributed by atoms with Gasteiger partial charge in [0.2, 0.25) is 0 Å². The summed E-state index contributed by atoms with van der Waals surface area (Å²) >= 11 is 0. The largest absolute Gasteiger partial charge is 0.367 e. The van der Waals surface area contributed by atoms with Crippen molar-refractivity contribution in [1.82, 2.24) is 19.4 Å². The van der Waals surface area contributed by atoms with Crippen molar-refractivity contribution in [2.45, 2.75) is 25.8 Å². The highest BCUT2D eigenvalue weighted by molar-refractivity contribution is 5.83. The van der Waals surface area contributed by atoms with E-state index in [2.05, 4.69) is 56.9 Å². The lowest BCUT2D eigenvalue weighted by molar-refractivity contribution is 0.00279. The summed E-state index contributed by atoms with van der Waals surface area (Å²) in [5.74, 6) is 1.02. The Bertz CT molecular complexity index is 789. The quantitative estimate of drug-likeness (QED) is 0.801. The fourth-order valence-electron chi connectivity index (χ4n) is 3.17. The number of aryl methyl sites for hydroxylation is 1. The molecule has 1 atom stereocenters. The van der Waals surface area contributed by atoms with E-state index in [0.29, 0.717) is 6.61 Å². The van der Waals surface area contributed by atoms with Gasteiger partial charge in [0.05, 0.1) is 12.6 Å². The Hall–Kier alpha value is -2.11. The molecule has 1 aliphatic rings. The number of fused-ring (bicyclic) bond motifs is 2. The van der Waals surface area contributed by atoms with Gasteiger partial charge in [-0.2, -0.15) is 0 Å². The molecule has 0 radical (unpaired) electrons. The first-order chi connectivity index (χ1) is 10.8.